The van der Waals surface area contributed by atoms with Crippen LogP contribution in [0.3, 0.4) is 0 Å². The molecule has 0 aliphatic rings. The third kappa shape index (κ3) is 4.26. The van der Waals surface area contributed by atoms with Gasteiger partial charge in [0, 0.05) is 29.3 Å². The van der Waals surface area contributed by atoms with E-state index in [0.717, 1.165) is 21.9 Å². The Balaban J connectivity index is 1.96. The number of nitrogen functional groups attached to an aromatic ring is 1. The molecule has 1 aromatic heterocycles. The minimum absolute atomic E-state index is 0.280. The van der Waals surface area contributed by atoms with Crippen LogP contribution in [0.25, 0.3) is 22.0 Å². The number of benzene rings is 2. The van der Waals surface area contributed by atoms with Crippen LogP contribution in [0, 0.1) is 5.92 Å². The van der Waals surface area contributed by atoms with Crippen LogP contribution in [-0.4, -0.2) is 24.7 Å². The van der Waals surface area contributed by atoms with Crippen molar-refractivity contribution in [3.63, 3.8) is 0 Å². The predicted octanol–water partition coefficient (Wildman–Crippen LogP) is 4.44. The first-order chi connectivity index (χ1) is 13.0. The molecule has 140 valence electrons. The molecular formula is C22H24N2O3. The number of methoxy groups -OCH3 is 1. The lowest BCUT2D eigenvalue weighted by molar-refractivity contribution is 0.0452. The van der Waals surface area contributed by atoms with Crippen LogP contribution >= 0.6 is 0 Å². The summed E-state index contributed by atoms with van der Waals surface area (Å²) in [5.74, 6) is -0.130. The Morgan fingerprint density at radius 1 is 1.15 bits per heavy atom. The van der Waals surface area contributed by atoms with Crippen LogP contribution in [0.15, 0.2) is 48.5 Å². The summed E-state index contributed by atoms with van der Waals surface area (Å²) in [7, 11) is 1.65. The molecule has 0 unspecified atom stereocenters. The van der Waals surface area contributed by atoms with Crippen molar-refractivity contribution in [1.29, 1.82) is 0 Å². The summed E-state index contributed by atoms with van der Waals surface area (Å²) in [5.41, 5.74) is 9.86. The van der Waals surface area contributed by atoms with Gasteiger partial charge in [-0.3, -0.25) is 0 Å². The first-order valence-electron chi connectivity index (χ1n) is 8.94. The number of ether oxygens (including phenoxy) is 2. The number of pyridine rings is 1. The highest BCUT2D eigenvalue weighted by Gasteiger charge is 2.12. The zero-order valence-electron chi connectivity index (χ0n) is 15.9. The van der Waals surface area contributed by atoms with Gasteiger partial charge in [-0.25, -0.2) is 9.78 Å². The molecule has 0 aliphatic carbocycles. The molecule has 0 bridgehead atoms. The van der Waals surface area contributed by atoms with Gasteiger partial charge in [-0.2, -0.15) is 0 Å². The van der Waals surface area contributed by atoms with E-state index in [-0.39, 0.29) is 5.92 Å². The van der Waals surface area contributed by atoms with Gasteiger partial charge in [-0.05, 0) is 29.5 Å². The average molecular weight is 364 g/mol. The van der Waals surface area contributed by atoms with Crippen LogP contribution in [-0.2, 0) is 16.1 Å². The van der Waals surface area contributed by atoms with Gasteiger partial charge in [0.2, 0.25) is 0 Å². The first kappa shape index (κ1) is 18.9. The molecule has 0 saturated heterocycles. The second kappa shape index (κ2) is 8.18. The number of anilines is 1. The Hall–Kier alpha value is -2.92. The minimum atomic E-state index is -0.409. The molecule has 0 spiro atoms. The first-order valence-corrected chi connectivity index (χ1v) is 8.94. The maximum Gasteiger partial charge on any atom is 0.356 e. The van der Waals surface area contributed by atoms with E-state index < -0.39 is 5.97 Å². The van der Waals surface area contributed by atoms with E-state index in [4.69, 9.17) is 15.2 Å². The molecule has 0 aliphatic heterocycles. The molecule has 0 radical (unpaired) electrons. The van der Waals surface area contributed by atoms with Gasteiger partial charge in [0.15, 0.2) is 0 Å². The minimum Gasteiger partial charge on any atom is -0.461 e. The molecule has 5 heteroatoms. The van der Waals surface area contributed by atoms with Crippen molar-refractivity contribution in [2.75, 3.05) is 19.5 Å². The fourth-order valence-corrected chi connectivity index (χ4v) is 2.85. The number of nitrogens with two attached hydrogens (primary N) is 1. The Morgan fingerprint density at radius 2 is 1.93 bits per heavy atom. The van der Waals surface area contributed by atoms with Crippen molar-refractivity contribution in [1.82, 2.24) is 4.98 Å². The van der Waals surface area contributed by atoms with Gasteiger partial charge < -0.3 is 15.2 Å². The summed E-state index contributed by atoms with van der Waals surface area (Å²) in [6.45, 7) is 4.82. The zero-order valence-corrected chi connectivity index (χ0v) is 15.9. The number of esters is 1. The highest BCUT2D eigenvalue weighted by molar-refractivity contribution is 5.97. The summed E-state index contributed by atoms with van der Waals surface area (Å²) in [4.78, 5) is 16.7. The molecule has 5 nitrogen and oxygen atoms in total. The van der Waals surface area contributed by atoms with Gasteiger partial charge in [0.1, 0.15) is 5.69 Å². The topological polar surface area (TPSA) is 74.4 Å². The maximum absolute atomic E-state index is 12.2. The number of nitrogens with zero attached hydrogens (tertiary/aromatic N) is 1. The number of rotatable bonds is 6. The van der Waals surface area contributed by atoms with Crippen LogP contribution in [0.5, 0.6) is 0 Å². The molecule has 2 N–H and O–H groups in total. The highest BCUT2D eigenvalue weighted by atomic mass is 16.5. The van der Waals surface area contributed by atoms with Crippen molar-refractivity contribution in [2.45, 2.75) is 20.5 Å². The molecule has 0 amide bonds. The van der Waals surface area contributed by atoms with E-state index in [1.54, 1.807) is 13.2 Å². The van der Waals surface area contributed by atoms with Gasteiger partial charge in [0.25, 0.3) is 0 Å². The van der Waals surface area contributed by atoms with Crippen molar-refractivity contribution in [3.05, 3.63) is 59.8 Å². The van der Waals surface area contributed by atoms with Gasteiger partial charge in [-0.1, -0.05) is 44.2 Å². The number of hydrogen-bond acceptors (Lipinski definition) is 5. The lowest BCUT2D eigenvalue weighted by atomic mass is 10.0. The smallest absolute Gasteiger partial charge is 0.356 e. The van der Waals surface area contributed by atoms with E-state index in [2.05, 4.69) is 4.98 Å². The van der Waals surface area contributed by atoms with E-state index in [0.29, 0.717) is 30.3 Å². The van der Waals surface area contributed by atoms with Crippen LogP contribution in [0.2, 0.25) is 0 Å². The van der Waals surface area contributed by atoms with E-state index in [9.17, 15) is 4.79 Å². The molecule has 0 fully saturated rings. The Labute approximate surface area is 159 Å². The SMILES string of the molecule is COCc1ccc2ccc(-c3cccc(C(=O)OCC(C)C)n3)cc2c1N. The second-order valence-corrected chi connectivity index (χ2v) is 6.91. The van der Waals surface area contributed by atoms with Crippen LogP contribution in [0.1, 0.15) is 29.9 Å². The van der Waals surface area contributed by atoms with Crippen LogP contribution < -0.4 is 5.73 Å². The third-order valence-corrected chi connectivity index (χ3v) is 4.26. The molecule has 27 heavy (non-hydrogen) atoms. The number of fused-ring (bicyclic) bond motifs is 1. The monoisotopic (exact) mass is 364 g/mol. The molecule has 3 rings (SSSR count). The van der Waals surface area contributed by atoms with E-state index in [1.165, 1.54) is 0 Å². The largest absolute Gasteiger partial charge is 0.461 e. The lowest BCUT2D eigenvalue weighted by Gasteiger charge is -2.11. The van der Waals surface area contributed by atoms with Crippen molar-refractivity contribution < 1.29 is 14.3 Å². The number of hydrogen-bond donors (Lipinski definition) is 1. The lowest BCUT2D eigenvalue weighted by Crippen LogP contribution is -2.11. The Morgan fingerprint density at radius 3 is 2.67 bits per heavy atom. The van der Waals surface area contributed by atoms with E-state index in [1.807, 2.05) is 56.3 Å². The van der Waals surface area contributed by atoms with Crippen molar-refractivity contribution in [3.8, 4) is 11.3 Å². The van der Waals surface area contributed by atoms with Crippen molar-refractivity contribution >= 4 is 22.4 Å². The normalized spacial score (nSPS) is 11.1. The molecule has 0 atom stereocenters. The Kier molecular flexibility index (Phi) is 5.72. The highest BCUT2D eigenvalue weighted by Crippen LogP contribution is 2.30. The predicted molar refractivity (Wildman–Crippen MR) is 107 cm³/mol. The Bertz CT molecular complexity index is 967. The standard InChI is InChI=1S/C22H24N2O3/c1-14(2)12-27-22(25)20-6-4-5-19(24-20)16-9-7-15-8-10-17(13-26-3)21(23)18(15)11-16/h4-11,14H,12-13,23H2,1-3H3. The second-order valence-electron chi connectivity index (χ2n) is 6.91. The van der Waals surface area contributed by atoms with Gasteiger partial charge >= 0.3 is 5.97 Å². The van der Waals surface area contributed by atoms with Crippen molar-refractivity contribution in [2.24, 2.45) is 5.92 Å². The molecule has 3 aromatic rings. The quantitative estimate of drug-likeness (QED) is 0.517. The molecule has 1 heterocycles. The summed E-state index contributed by atoms with van der Waals surface area (Å²) < 4.78 is 10.5. The summed E-state index contributed by atoms with van der Waals surface area (Å²) >= 11 is 0. The maximum atomic E-state index is 12.2. The van der Waals surface area contributed by atoms with Gasteiger partial charge in [-0.15, -0.1) is 0 Å². The third-order valence-electron chi connectivity index (χ3n) is 4.26. The number of carbonyl (C=O) groups is 1. The fourth-order valence-electron chi connectivity index (χ4n) is 2.85. The zero-order chi connectivity index (χ0) is 19.4. The van der Waals surface area contributed by atoms with E-state index >= 15 is 0 Å². The molecular weight excluding hydrogens is 340 g/mol. The average Bonchev–Trinajstić information content (AvgIpc) is 2.68. The van der Waals surface area contributed by atoms with Crippen LogP contribution in [0.4, 0.5) is 5.69 Å². The summed E-state index contributed by atoms with van der Waals surface area (Å²) in [6, 6.07) is 15.3. The molecule has 0 saturated carbocycles. The molecule has 2 aromatic carbocycles. The van der Waals surface area contributed by atoms with Gasteiger partial charge in [0.05, 0.1) is 18.9 Å². The fraction of sp³-hybridized carbons (Fsp3) is 0.273. The number of aromatic nitrogens is 1. The number of carbonyl (C=O) groups excluding carboxylic acids is 1. The summed E-state index contributed by atoms with van der Waals surface area (Å²) in [5, 5.41) is 1.99. The summed E-state index contributed by atoms with van der Waals surface area (Å²) in [6.07, 6.45) is 0.